The maximum atomic E-state index is 6.34. The van der Waals surface area contributed by atoms with E-state index >= 15 is 0 Å². The smallest absolute Gasteiger partial charge is 0.180 e. The van der Waals surface area contributed by atoms with Crippen LogP contribution in [0, 0.1) is 6.92 Å². The Kier molecular flexibility index (Phi) is 6.50. The molecule has 0 saturated carbocycles. The Morgan fingerprint density at radius 3 is 2.54 bits per heavy atom. The van der Waals surface area contributed by atoms with Crippen LogP contribution in [0.1, 0.15) is 31.9 Å². The third-order valence-electron chi connectivity index (χ3n) is 3.14. The molecule has 128 valence electrons. The van der Waals surface area contributed by atoms with Crippen LogP contribution in [0.15, 0.2) is 41.5 Å². The molecule has 0 saturated heterocycles. The standard InChI is InChI=1S/C19H23ClN2O2/c1-5-23-18-11-15(10-17(20)19(18)24-13(2)3)12-21-22-16-8-6-14(4)7-9-16/h6-13,22H,5H2,1-4H3/b21-12+. The quantitative estimate of drug-likeness (QED) is 0.547. The first-order valence-corrected chi connectivity index (χ1v) is 8.36. The van der Waals surface area contributed by atoms with Crippen molar-refractivity contribution in [3.63, 3.8) is 0 Å². The van der Waals surface area contributed by atoms with Gasteiger partial charge in [-0.1, -0.05) is 29.3 Å². The maximum absolute atomic E-state index is 6.34. The molecule has 0 fully saturated rings. The fraction of sp³-hybridized carbons (Fsp3) is 0.316. The molecule has 0 aliphatic heterocycles. The molecular formula is C19H23ClN2O2. The first-order chi connectivity index (χ1) is 11.5. The van der Waals surface area contributed by atoms with Gasteiger partial charge in [0.25, 0.3) is 0 Å². The van der Waals surface area contributed by atoms with E-state index in [1.807, 2.05) is 64.1 Å². The minimum absolute atomic E-state index is 0.0180. The average molecular weight is 347 g/mol. The highest BCUT2D eigenvalue weighted by molar-refractivity contribution is 6.32. The van der Waals surface area contributed by atoms with Crippen molar-refractivity contribution in [2.24, 2.45) is 5.10 Å². The van der Waals surface area contributed by atoms with Gasteiger partial charge in [0.2, 0.25) is 0 Å². The molecule has 0 unspecified atom stereocenters. The molecular weight excluding hydrogens is 324 g/mol. The molecule has 0 heterocycles. The van der Waals surface area contributed by atoms with E-state index in [-0.39, 0.29) is 6.10 Å². The second-order valence-electron chi connectivity index (χ2n) is 5.67. The van der Waals surface area contributed by atoms with Gasteiger partial charge < -0.3 is 9.47 Å². The molecule has 0 aliphatic carbocycles. The van der Waals surface area contributed by atoms with Crippen molar-refractivity contribution in [1.82, 2.24) is 0 Å². The van der Waals surface area contributed by atoms with Crippen molar-refractivity contribution < 1.29 is 9.47 Å². The summed E-state index contributed by atoms with van der Waals surface area (Å²) in [6, 6.07) is 11.7. The van der Waals surface area contributed by atoms with E-state index in [0.717, 1.165) is 11.3 Å². The van der Waals surface area contributed by atoms with Crippen molar-refractivity contribution >= 4 is 23.5 Å². The monoisotopic (exact) mass is 346 g/mol. The molecule has 0 atom stereocenters. The summed E-state index contributed by atoms with van der Waals surface area (Å²) in [5.41, 5.74) is 5.96. The van der Waals surface area contributed by atoms with E-state index in [2.05, 4.69) is 10.5 Å². The highest BCUT2D eigenvalue weighted by Gasteiger charge is 2.13. The summed E-state index contributed by atoms with van der Waals surface area (Å²) >= 11 is 6.34. The minimum Gasteiger partial charge on any atom is -0.490 e. The van der Waals surface area contributed by atoms with Crippen molar-refractivity contribution in [2.45, 2.75) is 33.8 Å². The second kappa shape index (κ2) is 8.60. The maximum Gasteiger partial charge on any atom is 0.180 e. The van der Waals surface area contributed by atoms with Gasteiger partial charge >= 0.3 is 0 Å². The highest BCUT2D eigenvalue weighted by Crippen LogP contribution is 2.37. The van der Waals surface area contributed by atoms with Crippen molar-refractivity contribution in [3.8, 4) is 11.5 Å². The first-order valence-electron chi connectivity index (χ1n) is 7.98. The third kappa shape index (κ3) is 5.17. The molecule has 4 nitrogen and oxygen atoms in total. The van der Waals surface area contributed by atoms with Gasteiger partial charge in [-0.2, -0.15) is 5.10 Å². The molecule has 0 bridgehead atoms. The van der Waals surface area contributed by atoms with Crippen molar-refractivity contribution in [2.75, 3.05) is 12.0 Å². The van der Waals surface area contributed by atoms with Crippen LogP contribution in [0.3, 0.4) is 0 Å². The Bertz CT molecular complexity index is 697. The first kappa shape index (κ1) is 18.1. The molecule has 0 aliphatic rings. The van der Waals surface area contributed by atoms with Crippen LogP contribution in [-0.2, 0) is 0 Å². The third-order valence-corrected chi connectivity index (χ3v) is 3.42. The molecule has 2 rings (SSSR count). The number of aryl methyl sites for hydroxylation is 1. The Morgan fingerprint density at radius 1 is 1.21 bits per heavy atom. The van der Waals surface area contributed by atoms with Crippen LogP contribution in [-0.4, -0.2) is 18.9 Å². The summed E-state index contributed by atoms with van der Waals surface area (Å²) in [6.07, 6.45) is 1.72. The summed E-state index contributed by atoms with van der Waals surface area (Å²) in [4.78, 5) is 0. The molecule has 0 spiro atoms. The van der Waals surface area contributed by atoms with Crippen LogP contribution in [0.5, 0.6) is 11.5 Å². The van der Waals surface area contributed by atoms with Gasteiger partial charge in [0.15, 0.2) is 11.5 Å². The molecule has 24 heavy (non-hydrogen) atoms. The summed E-state index contributed by atoms with van der Waals surface area (Å²) in [6.45, 7) is 8.41. The van der Waals surface area contributed by atoms with E-state index in [4.69, 9.17) is 21.1 Å². The Labute approximate surface area is 148 Å². The van der Waals surface area contributed by atoms with Gasteiger partial charge in [-0.3, -0.25) is 5.43 Å². The topological polar surface area (TPSA) is 42.8 Å². The van der Waals surface area contributed by atoms with Crippen LogP contribution in [0.25, 0.3) is 0 Å². The molecule has 2 aromatic rings. The Hall–Kier alpha value is -2.20. The number of rotatable bonds is 7. The lowest BCUT2D eigenvalue weighted by Gasteiger charge is -2.16. The SMILES string of the molecule is CCOc1cc(/C=N/Nc2ccc(C)cc2)cc(Cl)c1OC(C)C. The molecule has 0 radical (unpaired) electrons. The van der Waals surface area contributed by atoms with Crippen molar-refractivity contribution in [3.05, 3.63) is 52.5 Å². The van der Waals surface area contributed by atoms with Gasteiger partial charge in [0, 0.05) is 0 Å². The van der Waals surface area contributed by atoms with Crippen LogP contribution in [0.2, 0.25) is 5.02 Å². The summed E-state index contributed by atoms with van der Waals surface area (Å²) in [5, 5.41) is 4.75. The van der Waals surface area contributed by atoms with E-state index in [9.17, 15) is 0 Å². The molecule has 1 N–H and O–H groups in total. The van der Waals surface area contributed by atoms with Crippen LogP contribution in [0.4, 0.5) is 5.69 Å². The zero-order valence-corrected chi connectivity index (χ0v) is 15.2. The van der Waals surface area contributed by atoms with Gasteiger partial charge in [-0.25, -0.2) is 0 Å². The molecule has 5 heteroatoms. The number of anilines is 1. The summed E-state index contributed by atoms with van der Waals surface area (Å²) < 4.78 is 11.4. The number of hydrogen-bond acceptors (Lipinski definition) is 4. The van der Waals surface area contributed by atoms with Gasteiger partial charge in [-0.05, 0) is 57.5 Å². The summed E-state index contributed by atoms with van der Waals surface area (Å²) in [7, 11) is 0. The van der Waals surface area contributed by atoms with E-state index < -0.39 is 0 Å². The number of hydrogen-bond donors (Lipinski definition) is 1. The zero-order chi connectivity index (χ0) is 17.5. The number of ether oxygens (including phenoxy) is 2. The van der Waals surface area contributed by atoms with E-state index in [1.165, 1.54) is 5.56 Å². The Morgan fingerprint density at radius 2 is 1.92 bits per heavy atom. The van der Waals surface area contributed by atoms with Crippen LogP contribution < -0.4 is 14.9 Å². The molecule has 0 aromatic heterocycles. The number of nitrogens with zero attached hydrogens (tertiary/aromatic N) is 1. The van der Waals surface area contributed by atoms with Gasteiger partial charge in [0.05, 0.1) is 29.6 Å². The number of halogens is 1. The second-order valence-corrected chi connectivity index (χ2v) is 6.07. The number of hydrazone groups is 1. The fourth-order valence-corrected chi connectivity index (χ4v) is 2.35. The highest BCUT2D eigenvalue weighted by atomic mass is 35.5. The Balaban J connectivity index is 2.17. The lowest BCUT2D eigenvalue weighted by atomic mass is 10.2. The molecule has 0 amide bonds. The lowest BCUT2D eigenvalue weighted by Crippen LogP contribution is -2.08. The largest absolute Gasteiger partial charge is 0.490 e. The minimum atomic E-state index is 0.0180. The number of nitrogens with one attached hydrogen (secondary N) is 1. The van der Waals surface area contributed by atoms with E-state index in [0.29, 0.717) is 23.1 Å². The lowest BCUT2D eigenvalue weighted by molar-refractivity contribution is 0.224. The van der Waals surface area contributed by atoms with Crippen LogP contribution >= 0.6 is 11.6 Å². The van der Waals surface area contributed by atoms with Gasteiger partial charge in [-0.15, -0.1) is 0 Å². The normalized spacial score (nSPS) is 11.1. The predicted octanol–water partition coefficient (Wildman–Crippen LogP) is 5.28. The zero-order valence-electron chi connectivity index (χ0n) is 14.5. The number of benzene rings is 2. The predicted molar refractivity (Wildman–Crippen MR) is 101 cm³/mol. The van der Waals surface area contributed by atoms with E-state index in [1.54, 1.807) is 6.21 Å². The van der Waals surface area contributed by atoms with Crippen molar-refractivity contribution in [1.29, 1.82) is 0 Å². The summed E-state index contributed by atoms with van der Waals surface area (Å²) in [5.74, 6) is 1.19. The van der Waals surface area contributed by atoms with Gasteiger partial charge in [0.1, 0.15) is 0 Å². The molecule has 2 aromatic carbocycles. The fourth-order valence-electron chi connectivity index (χ4n) is 2.08. The average Bonchev–Trinajstić information content (AvgIpc) is 2.53.